The van der Waals surface area contributed by atoms with E-state index in [1.54, 1.807) is 18.2 Å². The number of hydrogen-bond donors (Lipinski definition) is 3. The van der Waals surface area contributed by atoms with Crippen molar-refractivity contribution in [2.45, 2.75) is 19.9 Å². The van der Waals surface area contributed by atoms with Crippen LogP contribution in [0.2, 0.25) is 0 Å². The fourth-order valence-corrected chi connectivity index (χ4v) is 2.55. The van der Waals surface area contributed by atoms with E-state index < -0.39 is 18.9 Å². The van der Waals surface area contributed by atoms with Crippen LogP contribution in [0.3, 0.4) is 0 Å². The molecule has 1 amide bonds. The van der Waals surface area contributed by atoms with Crippen LogP contribution in [0.25, 0.3) is 22.0 Å². The second-order valence-electron chi connectivity index (χ2n) is 5.94. The molecule has 0 aliphatic heterocycles. The van der Waals surface area contributed by atoms with Gasteiger partial charge < -0.3 is 15.2 Å². The van der Waals surface area contributed by atoms with Crippen LogP contribution >= 0.6 is 0 Å². The molecule has 1 aromatic carbocycles. The number of carbonyl (C=O) groups excluding carboxylic acids is 1. The van der Waals surface area contributed by atoms with E-state index in [-0.39, 0.29) is 23.2 Å². The van der Waals surface area contributed by atoms with Gasteiger partial charge in [0, 0.05) is 23.2 Å². The van der Waals surface area contributed by atoms with Crippen molar-refractivity contribution in [3.8, 4) is 17.0 Å². The molecule has 0 aliphatic rings. The number of carboxylic acids is 1. The standard InChI is InChI=1S/C18H18N4O4/c1-9(2)20-16(23)15-12-5-4-10(7-14(12)21-22-15)11-6-13(18(24)25)17(26-3)19-8-11/h4-9H,1-3H3,(H,20,23)(H,21,22)(H,24,25)/i3D3. The van der Waals surface area contributed by atoms with Crippen LogP contribution in [0.5, 0.6) is 5.88 Å². The summed E-state index contributed by atoms with van der Waals surface area (Å²) in [5.41, 5.74) is 1.50. The molecule has 0 aliphatic carbocycles. The molecule has 3 aromatic rings. The zero-order valence-electron chi connectivity index (χ0n) is 17.0. The first kappa shape index (κ1) is 13.8. The summed E-state index contributed by atoms with van der Waals surface area (Å²) in [6.07, 6.45) is 1.32. The molecule has 0 unspecified atom stereocenters. The SMILES string of the molecule is [2H]C([2H])([2H])Oc1ncc(-c2ccc3c(C(=O)NC(C)C)n[nH]c3c2)cc1C(=O)O. The molecule has 0 saturated heterocycles. The molecular weight excluding hydrogens is 336 g/mol. The Kier molecular flexibility index (Phi) is 3.63. The molecule has 2 aromatic heterocycles. The first-order valence-corrected chi connectivity index (χ1v) is 7.77. The van der Waals surface area contributed by atoms with E-state index in [1.165, 1.54) is 12.3 Å². The molecule has 134 valence electrons. The highest BCUT2D eigenvalue weighted by atomic mass is 16.5. The van der Waals surface area contributed by atoms with E-state index in [4.69, 9.17) is 4.11 Å². The maximum atomic E-state index is 12.2. The van der Waals surface area contributed by atoms with Crippen molar-refractivity contribution >= 4 is 22.8 Å². The van der Waals surface area contributed by atoms with Gasteiger partial charge in [0.05, 0.1) is 16.7 Å². The third-order valence-electron chi connectivity index (χ3n) is 3.71. The summed E-state index contributed by atoms with van der Waals surface area (Å²) in [7, 11) is -2.82. The molecular formula is C18H18N4O4. The van der Waals surface area contributed by atoms with Crippen LogP contribution in [0.4, 0.5) is 0 Å². The minimum Gasteiger partial charge on any atom is -0.480 e. The molecule has 2 heterocycles. The quantitative estimate of drug-likeness (QED) is 0.646. The van der Waals surface area contributed by atoms with Crippen LogP contribution < -0.4 is 10.1 Å². The molecule has 0 fully saturated rings. The number of ether oxygens (including phenoxy) is 1. The van der Waals surface area contributed by atoms with Crippen molar-refractivity contribution in [1.82, 2.24) is 20.5 Å². The summed E-state index contributed by atoms with van der Waals surface area (Å²) in [6.45, 7) is 3.69. The van der Waals surface area contributed by atoms with E-state index in [0.29, 0.717) is 22.0 Å². The highest BCUT2D eigenvalue weighted by molar-refractivity contribution is 6.05. The van der Waals surface area contributed by atoms with Gasteiger partial charge in [-0.2, -0.15) is 5.10 Å². The number of aromatic amines is 1. The number of methoxy groups -OCH3 is 1. The lowest BCUT2D eigenvalue weighted by Crippen LogP contribution is -2.30. The number of fused-ring (bicyclic) bond motifs is 1. The molecule has 0 atom stereocenters. The number of amides is 1. The first-order valence-electron chi connectivity index (χ1n) is 9.27. The number of H-pyrrole nitrogens is 1. The van der Waals surface area contributed by atoms with Gasteiger partial charge in [0.1, 0.15) is 5.56 Å². The highest BCUT2D eigenvalue weighted by Crippen LogP contribution is 2.27. The van der Waals surface area contributed by atoms with Crippen molar-refractivity contribution in [2.24, 2.45) is 0 Å². The summed E-state index contributed by atoms with van der Waals surface area (Å²) < 4.78 is 26.0. The Hall–Kier alpha value is -3.42. The predicted octanol–water partition coefficient (Wildman–Crippen LogP) is 2.47. The van der Waals surface area contributed by atoms with Gasteiger partial charge in [-0.1, -0.05) is 6.07 Å². The lowest BCUT2D eigenvalue weighted by molar-refractivity contribution is 0.0692. The van der Waals surface area contributed by atoms with Crippen LogP contribution in [0.15, 0.2) is 30.5 Å². The summed E-state index contributed by atoms with van der Waals surface area (Å²) in [4.78, 5) is 27.6. The van der Waals surface area contributed by atoms with Gasteiger partial charge in [0.15, 0.2) is 5.69 Å². The number of carboxylic acid groups (broad SMARTS) is 1. The van der Waals surface area contributed by atoms with Crippen molar-refractivity contribution in [3.05, 3.63) is 41.7 Å². The number of hydrogen-bond acceptors (Lipinski definition) is 5. The van der Waals surface area contributed by atoms with Gasteiger partial charge in [-0.3, -0.25) is 9.89 Å². The van der Waals surface area contributed by atoms with Crippen molar-refractivity contribution in [1.29, 1.82) is 0 Å². The Balaban J connectivity index is 1.99. The second-order valence-corrected chi connectivity index (χ2v) is 5.94. The number of pyridine rings is 1. The van der Waals surface area contributed by atoms with Crippen molar-refractivity contribution < 1.29 is 23.5 Å². The molecule has 26 heavy (non-hydrogen) atoms. The van der Waals surface area contributed by atoms with Gasteiger partial charge in [-0.15, -0.1) is 0 Å². The number of benzene rings is 1. The normalized spacial score (nSPS) is 13.1. The maximum Gasteiger partial charge on any atom is 0.341 e. The Morgan fingerprint density at radius 1 is 1.31 bits per heavy atom. The Bertz CT molecular complexity index is 1090. The van der Waals surface area contributed by atoms with Gasteiger partial charge >= 0.3 is 5.97 Å². The van der Waals surface area contributed by atoms with Gasteiger partial charge in [0.25, 0.3) is 5.91 Å². The van der Waals surface area contributed by atoms with E-state index in [0.717, 1.165) is 0 Å². The average Bonchev–Trinajstić information content (AvgIpc) is 3.03. The number of nitrogens with one attached hydrogen (secondary N) is 2. The largest absolute Gasteiger partial charge is 0.480 e. The minimum atomic E-state index is -2.82. The Morgan fingerprint density at radius 3 is 2.81 bits per heavy atom. The topological polar surface area (TPSA) is 117 Å². The second kappa shape index (κ2) is 6.83. The Morgan fingerprint density at radius 2 is 2.12 bits per heavy atom. The Labute approximate surface area is 153 Å². The maximum absolute atomic E-state index is 12.2. The molecule has 0 radical (unpaired) electrons. The van der Waals surface area contributed by atoms with Crippen LogP contribution in [-0.4, -0.2) is 45.2 Å². The zero-order valence-corrected chi connectivity index (χ0v) is 14.0. The number of rotatable bonds is 5. The monoisotopic (exact) mass is 357 g/mol. The smallest absolute Gasteiger partial charge is 0.341 e. The van der Waals surface area contributed by atoms with E-state index >= 15 is 0 Å². The summed E-state index contributed by atoms with van der Waals surface area (Å²) >= 11 is 0. The molecule has 8 heteroatoms. The minimum absolute atomic E-state index is 0.0373. The van der Waals surface area contributed by atoms with Crippen LogP contribution in [-0.2, 0) is 0 Å². The van der Waals surface area contributed by atoms with E-state index in [2.05, 4.69) is 25.2 Å². The fraction of sp³-hybridized carbons (Fsp3) is 0.222. The van der Waals surface area contributed by atoms with Gasteiger partial charge in [0.2, 0.25) is 5.88 Å². The molecule has 0 bridgehead atoms. The summed E-state index contributed by atoms with van der Waals surface area (Å²) in [5, 5.41) is 19.6. The summed E-state index contributed by atoms with van der Waals surface area (Å²) in [6, 6.07) is 6.32. The highest BCUT2D eigenvalue weighted by Gasteiger charge is 2.17. The van der Waals surface area contributed by atoms with Crippen molar-refractivity contribution in [2.75, 3.05) is 7.04 Å². The fourth-order valence-electron chi connectivity index (χ4n) is 2.55. The molecule has 0 saturated carbocycles. The van der Waals surface area contributed by atoms with E-state index in [9.17, 15) is 14.7 Å². The first-order chi connectivity index (χ1) is 13.5. The number of aromatic carboxylic acids is 1. The zero-order chi connectivity index (χ0) is 21.3. The van der Waals surface area contributed by atoms with Crippen LogP contribution in [0, 0.1) is 0 Å². The number of carbonyl (C=O) groups is 2. The third-order valence-corrected chi connectivity index (χ3v) is 3.71. The lowest BCUT2D eigenvalue weighted by Gasteiger charge is -2.08. The molecule has 3 rings (SSSR count). The van der Waals surface area contributed by atoms with Crippen LogP contribution in [0.1, 0.15) is 38.8 Å². The van der Waals surface area contributed by atoms with E-state index in [1.807, 2.05) is 13.8 Å². The number of nitrogens with zero attached hydrogens (tertiary/aromatic N) is 2. The average molecular weight is 357 g/mol. The number of aromatic nitrogens is 3. The third kappa shape index (κ3) is 3.21. The molecule has 8 nitrogen and oxygen atoms in total. The van der Waals surface area contributed by atoms with Gasteiger partial charge in [-0.05, 0) is 37.6 Å². The van der Waals surface area contributed by atoms with Gasteiger partial charge in [-0.25, -0.2) is 9.78 Å². The molecule has 3 N–H and O–H groups in total. The van der Waals surface area contributed by atoms with Crippen molar-refractivity contribution in [3.63, 3.8) is 0 Å². The molecule has 0 spiro atoms. The lowest BCUT2D eigenvalue weighted by atomic mass is 10.0. The predicted molar refractivity (Wildman–Crippen MR) is 95.4 cm³/mol. The summed E-state index contributed by atoms with van der Waals surface area (Å²) in [5.74, 6) is -2.16.